The van der Waals surface area contributed by atoms with Crippen LogP contribution in [0.1, 0.15) is 35.8 Å². The molecule has 1 aromatic carbocycles. The second-order valence-corrected chi connectivity index (χ2v) is 5.04. The number of hydrogen-bond acceptors (Lipinski definition) is 5. The largest absolute Gasteiger partial charge is 0.466 e. The van der Waals surface area contributed by atoms with Gasteiger partial charge < -0.3 is 14.5 Å². The molecule has 6 nitrogen and oxygen atoms in total. The maximum Gasteiger partial charge on any atom is 0.354 e. The SMILES string of the molecule is CCOC(=O)CCCc1cccc2[nH]c(C(=O)OC)cc(=O)c12. The Morgan fingerprint density at radius 3 is 2.74 bits per heavy atom. The van der Waals surface area contributed by atoms with Gasteiger partial charge in [0, 0.05) is 17.9 Å². The smallest absolute Gasteiger partial charge is 0.354 e. The Bertz CT molecular complexity index is 778. The Kier molecular flexibility index (Phi) is 5.51. The van der Waals surface area contributed by atoms with Crippen LogP contribution in [0.25, 0.3) is 10.9 Å². The summed E-state index contributed by atoms with van der Waals surface area (Å²) >= 11 is 0. The summed E-state index contributed by atoms with van der Waals surface area (Å²) in [6.07, 6.45) is 1.48. The normalized spacial score (nSPS) is 10.5. The zero-order valence-electron chi connectivity index (χ0n) is 13.2. The lowest BCUT2D eigenvalue weighted by Crippen LogP contribution is -2.13. The van der Waals surface area contributed by atoms with Crippen molar-refractivity contribution in [1.29, 1.82) is 0 Å². The highest BCUT2D eigenvalue weighted by molar-refractivity contribution is 5.91. The third-order valence-electron chi connectivity index (χ3n) is 3.48. The molecule has 23 heavy (non-hydrogen) atoms. The van der Waals surface area contributed by atoms with Crippen molar-refractivity contribution in [3.8, 4) is 0 Å². The van der Waals surface area contributed by atoms with Crippen LogP contribution in [-0.4, -0.2) is 30.6 Å². The first-order valence-electron chi connectivity index (χ1n) is 7.45. The van der Waals surface area contributed by atoms with E-state index >= 15 is 0 Å². The second-order valence-electron chi connectivity index (χ2n) is 5.04. The van der Waals surface area contributed by atoms with Crippen LogP contribution in [0.2, 0.25) is 0 Å². The minimum absolute atomic E-state index is 0.119. The fourth-order valence-corrected chi connectivity index (χ4v) is 2.46. The van der Waals surface area contributed by atoms with Crippen LogP contribution in [0.5, 0.6) is 0 Å². The highest BCUT2D eigenvalue weighted by atomic mass is 16.5. The van der Waals surface area contributed by atoms with Gasteiger partial charge in [0.15, 0.2) is 5.43 Å². The third kappa shape index (κ3) is 3.97. The first-order valence-corrected chi connectivity index (χ1v) is 7.45. The number of nitrogens with one attached hydrogen (secondary N) is 1. The third-order valence-corrected chi connectivity index (χ3v) is 3.48. The van der Waals surface area contributed by atoms with Gasteiger partial charge >= 0.3 is 11.9 Å². The van der Waals surface area contributed by atoms with Crippen molar-refractivity contribution >= 4 is 22.8 Å². The van der Waals surface area contributed by atoms with E-state index in [4.69, 9.17) is 4.74 Å². The summed E-state index contributed by atoms with van der Waals surface area (Å²) < 4.78 is 9.51. The minimum Gasteiger partial charge on any atom is -0.466 e. The molecule has 1 N–H and O–H groups in total. The summed E-state index contributed by atoms with van der Waals surface area (Å²) in [5.41, 5.74) is 1.29. The van der Waals surface area contributed by atoms with Gasteiger partial charge in [-0.15, -0.1) is 0 Å². The number of rotatable bonds is 6. The quantitative estimate of drug-likeness (QED) is 0.826. The number of H-pyrrole nitrogens is 1. The van der Waals surface area contributed by atoms with Gasteiger partial charge in [0.1, 0.15) is 5.69 Å². The number of aromatic amines is 1. The molecular weight excluding hydrogens is 298 g/mol. The molecule has 0 aliphatic carbocycles. The van der Waals surface area contributed by atoms with Gasteiger partial charge in [0.05, 0.1) is 19.2 Å². The Morgan fingerprint density at radius 1 is 1.26 bits per heavy atom. The molecule has 0 amide bonds. The minimum atomic E-state index is -0.586. The Hall–Kier alpha value is -2.63. The van der Waals surface area contributed by atoms with Crippen molar-refractivity contribution in [3.63, 3.8) is 0 Å². The standard InChI is InChI=1S/C17H19NO5/c1-3-23-15(20)9-5-7-11-6-4-8-12-16(11)14(19)10-13(18-12)17(21)22-2/h4,6,8,10H,3,5,7,9H2,1-2H3,(H,18,19). The number of ether oxygens (including phenoxy) is 2. The molecule has 1 heterocycles. The number of aromatic nitrogens is 1. The highest BCUT2D eigenvalue weighted by Gasteiger charge is 2.12. The first-order chi connectivity index (χ1) is 11.1. The van der Waals surface area contributed by atoms with E-state index in [0.717, 1.165) is 5.56 Å². The lowest BCUT2D eigenvalue weighted by molar-refractivity contribution is -0.143. The Balaban J connectivity index is 2.26. The number of esters is 2. The maximum atomic E-state index is 12.3. The van der Waals surface area contributed by atoms with Gasteiger partial charge in [0.25, 0.3) is 0 Å². The number of fused-ring (bicyclic) bond motifs is 1. The van der Waals surface area contributed by atoms with E-state index in [-0.39, 0.29) is 17.1 Å². The van der Waals surface area contributed by atoms with Gasteiger partial charge in [-0.3, -0.25) is 9.59 Å². The molecule has 0 saturated heterocycles. The van der Waals surface area contributed by atoms with Gasteiger partial charge in [-0.2, -0.15) is 0 Å². The Labute approximate surface area is 133 Å². The molecular formula is C17H19NO5. The number of carbonyl (C=O) groups is 2. The van der Waals surface area contributed by atoms with E-state index in [9.17, 15) is 14.4 Å². The summed E-state index contributed by atoms with van der Waals surface area (Å²) in [5.74, 6) is -0.827. The van der Waals surface area contributed by atoms with Gasteiger partial charge in [0.2, 0.25) is 0 Å². The van der Waals surface area contributed by atoms with E-state index < -0.39 is 5.97 Å². The van der Waals surface area contributed by atoms with Crippen LogP contribution >= 0.6 is 0 Å². The molecule has 6 heteroatoms. The monoisotopic (exact) mass is 317 g/mol. The van der Waals surface area contributed by atoms with Crippen LogP contribution in [-0.2, 0) is 20.7 Å². The van der Waals surface area contributed by atoms with Crippen LogP contribution < -0.4 is 5.43 Å². The molecule has 0 radical (unpaired) electrons. The van der Waals surface area contributed by atoms with Crippen LogP contribution in [0, 0.1) is 0 Å². The topological polar surface area (TPSA) is 85.5 Å². The predicted molar refractivity (Wildman–Crippen MR) is 85.5 cm³/mol. The number of carbonyl (C=O) groups excluding carboxylic acids is 2. The molecule has 0 saturated carbocycles. The molecule has 0 bridgehead atoms. The maximum absolute atomic E-state index is 12.3. The summed E-state index contributed by atoms with van der Waals surface area (Å²) in [5, 5.41) is 0.531. The van der Waals surface area contributed by atoms with Crippen molar-refractivity contribution in [2.24, 2.45) is 0 Å². The molecule has 0 unspecified atom stereocenters. The molecule has 0 atom stereocenters. The average Bonchev–Trinajstić information content (AvgIpc) is 2.54. The van der Waals surface area contributed by atoms with Crippen LogP contribution in [0.3, 0.4) is 0 Å². The molecule has 2 rings (SSSR count). The van der Waals surface area contributed by atoms with E-state index in [0.29, 0.717) is 36.8 Å². The van der Waals surface area contributed by atoms with Crippen molar-refractivity contribution in [3.05, 3.63) is 45.7 Å². The number of benzene rings is 1. The molecule has 0 aliphatic heterocycles. The molecule has 0 spiro atoms. The molecule has 0 fully saturated rings. The van der Waals surface area contributed by atoms with E-state index in [1.807, 2.05) is 6.07 Å². The van der Waals surface area contributed by atoms with Crippen molar-refractivity contribution in [2.45, 2.75) is 26.2 Å². The van der Waals surface area contributed by atoms with Crippen molar-refractivity contribution < 1.29 is 19.1 Å². The van der Waals surface area contributed by atoms with Crippen molar-refractivity contribution in [2.75, 3.05) is 13.7 Å². The first kappa shape index (κ1) is 16.7. The molecule has 0 aliphatic rings. The van der Waals surface area contributed by atoms with E-state index in [1.165, 1.54) is 13.2 Å². The lowest BCUT2D eigenvalue weighted by atomic mass is 10.0. The summed E-state index contributed by atoms with van der Waals surface area (Å²) in [7, 11) is 1.26. The van der Waals surface area contributed by atoms with E-state index in [2.05, 4.69) is 9.72 Å². The zero-order valence-corrected chi connectivity index (χ0v) is 13.2. The van der Waals surface area contributed by atoms with Gasteiger partial charge in [-0.25, -0.2) is 4.79 Å². The van der Waals surface area contributed by atoms with Gasteiger partial charge in [-0.05, 0) is 31.4 Å². The van der Waals surface area contributed by atoms with Crippen molar-refractivity contribution in [1.82, 2.24) is 4.98 Å². The molecule has 1 aromatic heterocycles. The number of methoxy groups -OCH3 is 1. The summed E-state index contributed by atoms with van der Waals surface area (Å²) in [6, 6.07) is 6.63. The Morgan fingerprint density at radius 2 is 2.04 bits per heavy atom. The fraction of sp³-hybridized carbons (Fsp3) is 0.353. The van der Waals surface area contributed by atoms with Crippen LogP contribution in [0.4, 0.5) is 0 Å². The van der Waals surface area contributed by atoms with E-state index in [1.54, 1.807) is 19.1 Å². The summed E-state index contributed by atoms with van der Waals surface area (Å²) in [4.78, 5) is 38.2. The van der Waals surface area contributed by atoms with Gasteiger partial charge in [-0.1, -0.05) is 12.1 Å². The molecule has 2 aromatic rings. The molecule has 122 valence electrons. The fourth-order valence-electron chi connectivity index (χ4n) is 2.46. The average molecular weight is 317 g/mol. The number of aryl methyl sites for hydroxylation is 1. The number of pyridine rings is 1. The number of hydrogen-bond donors (Lipinski definition) is 1. The highest BCUT2D eigenvalue weighted by Crippen LogP contribution is 2.16. The van der Waals surface area contributed by atoms with Crippen LogP contribution in [0.15, 0.2) is 29.1 Å². The summed E-state index contributed by atoms with van der Waals surface area (Å²) in [6.45, 7) is 2.13. The second kappa shape index (κ2) is 7.58. The zero-order chi connectivity index (χ0) is 16.8. The predicted octanol–water partition coefficient (Wildman–Crippen LogP) is 2.20. The lowest BCUT2D eigenvalue weighted by Gasteiger charge is -2.08.